The van der Waals surface area contributed by atoms with Gasteiger partial charge in [0.25, 0.3) is 0 Å². The van der Waals surface area contributed by atoms with Gasteiger partial charge in [-0.05, 0) is 18.2 Å². The van der Waals surface area contributed by atoms with Gasteiger partial charge in [0.2, 0.25) is 5.82 Å². The van der Waals surface area contributed by atoms with E-state index < -0.39 is 0 Å². The van der Waals surface area contributed by atoms with Crippen molar-refractivity contribution in [2.24, 2.45) is 0 Å². The molecule has 0 aliphatic heterocycles. The molecule has 0 bridgehead atoms. The van der Waals surface area contributed by atoms with E-state index >= 15 is 0 Å². The standard InChI is InChI=1S/C12H6N4S/c13-7-11-14-6-5-9(15-11)12-16-8-3-1-2-4-10(8)17-12/h1-6H. The average Bonchev–Trinajstić information content (AvgIpc) is 2.82. The van der Waals surface area contributed by atoms with Gasteiger partial charge in [-0.1, -0.05) is 12.1 Å². The molecule has 5 heteroatoms. The predicted octanol–water partition coefficient (Wildman–Crippen LogP) is 2.62. The molecular weight excluding hydrogens is 232 g/mol. The van der Waals surface area contributed by atoms with Crippen LogP contribution >= 0.6 is 11.3 Å². The van der Waals surface area contributed by atoms with Crippen molar-refractivity contribution < 1.29 is 0 Å². The second-order valence-corrected chi connectivity index (χ2v) is 4.39. The zero-order valence-electron chi connectivity index (χ0n) is 8.66. The summed E-state index contributed by atoms with van der Waals surface area (Å²) in [6.45, 7) is 0. The highest BCUT2D eigenvalue weighted by molar-refractivity contribution is 7.21. The van der Waals surface area contributed by atoms with Gasteiger partial charge < -0.3 is 0 Å². The van der Waals surface area contributed by atoms with E-state index in [4.69, 9.17) is 5.26 Å². The highest BCUT2D eigenvalue weighted by Gasteiger charge is 2.07. The number of thiazole rings is 1. The van der Waals surface area contributed by atoms with Crippen molar-refractivity contribution >= 4 is 21.6 Å². The number of rotatable bonds is 1. The maximum atomic E-state index is 8.76. The largest absolute Gasteiger partial charge is 0.234 e. The fourth-order valence-corrected chi connectivity index (χ4v) is 2.45. The normalized spacial score (nSPS) is 10.3. The number of hydrogen-bond acceptors (Lipinski definition) is 5. The molecule has 17 heavy (non-hydrogen) atoms. The first-order valence-corrected chi connectivity index (χ1v) is 5.77. The van der Waals surface area contributed by atoms with Crippen LogP contribution in [0.25, 0.3) is 20.9 Å². The molecular formula is C12H6N4S. The summed E-state index contributed by atoms with van der Waals surface area (Å²) in [5.74, 6) is 0.168. The molecule has 0 radical (unpaired) electrons. The van der Waals surface area contributed by atoms with Crippen LogP contribution in [0.1, 0.15) is 5.82 Å². The molecule has 3 rings (SSSR count). The molecule has 0 amide bonds. The number of nitrogens with zero attached hydrogens (tertiary/aromatic N) is 4. The van der Waals surface area contributed by atoms with Crippen molar-refractivity contribution in [1.82, 2.24) is 15.0 Å². The van der Waals surface area contributed by atoms with Crippen LogP contribution in [-0.4, -0.2) is 15.0 Å². The highest BCUT2D eigenvalue weighted by atomic mass is 32.1. The first kappa shape index (κ1) is 9.87. The van der Waals surface area contributed by atoms with E-state index in [1.165, 1.54) is 0 Å². The highest BCUT2D eigenvalue weighted by Crippen LogP contribution is 2.28. The summed E-state index contributed by atoms with van der Waals surface area (Å²) in [5, 5.41) is 9.57. The molecule has 0 unspecified atom stereocenters. The minimum Gasteiger partial charge on any atom is -0.234 e. The van der Waals surface area contributed by atoms with Crippen molar-refractivity contribution in [3.63, 3.8) is 0 Å². The Bertz CT molecular complexity index is 693. The first-order valence-electron chi connectivity index (χ1n) is 4.96. The summed E-state index contributed by atoms with van der Waals surface area (Å²) in [6.07, 6.45) is 1.58. The Kier molecular flexibility index (Phi) is 2.28. The molecule has 3 aromatic rings. The number of fused-ring (bicyclic) bond motifs is 1. The molecule has 1 aromatic carbocycles. The summed E-state index contributed by atoms with van der Waals surface area (Å²) in [7, 11) is 0. The predicted molar refractivity (Wildman–Crippen MR) is 65.4 cm³/mol. The molecule has 0 N–H and O–H groups in total. The lowest BCUT2D eigenvalue weighted by molar-refractivity contribution is 1.11. The van der Waals surface area contributed by atoms with E-state index in [0.717, 1.165) is 15.2 Å². The number of aromatic nitrogens is 3. The number of hydrogen-bond donors (Lipinski definition) is 0. The Balaban J connectivity index is 2.17. The smallest absolute Gasteiger partial charge is 0.232 e. The van der Waals surface area contributed by atoms with Gasteiger partial charge in [-0.3, -0.25) is 0 Å². The van der Waals surface area contributed by atoms with Crippen molar-refractivity contribution in [3.05, 3.63) is 42.4 Å². The van der Waals surface area contributed by atoms with Gasteiger partial charge in [-0.15, -0.1) is 11.3 Å². The number of benzene rings is 1. The topological polar surface area (TPSA) is 62.5 Å². The van der Waals surface area contributed by atoms with E-state index in [1.54, 1.807) is 23.6 Å². The lowest BCUT2D eigenvalue weighted by Gasteiger charge is -1.93. The third-order valence-electron chi connectivity index (χ3n) is 2.27. The van der Waals surface area contributed by atoms with Gasteiger partial charge >= 0.3 is 0 Å². The van der Waals surface area contributed by atoms with E-state index in [2.05, 4.69) is 15.0 Å². The zero-order chi connectivity index (χ0) is 11.7. The van der Waals surface area contributed by atoms with Crippen LogP contribution in [0, 0.1) is 11.3 Å². The quantitative estimate of drug-likeness (QED) is 0.653. The van der Waals surface area contributed by atoms with Crippen LogP contribution in [-0.2, 0) is 0 Å². The average molecular weight is 238 g/mol. The molecule has 2 aromatic heterocycles. The fraction of sp³-hybridized carbons (Fsp3) is 0. The summed E-state index contributed by atoms with van der Waals surface area (Å²) in [5.41, 5.74) is 1.64. The van der Waals surface area contributed by atoms with Crippen LogP contribution in [0.15, 0.2) is 36.5 Å². The van der Waals surface area contributed by atoms with Gasteiger partial charge in [0, 0.05) is 6.20 Å². The van der Waals surface area contributed by atoms with Crippen LogP contribution in [0.5, 0.6) is 0 Å². The monoisotopic (exact) mass is 238 g/mol. The zero-order valence-corrected chi connectivity index (χ0v) is 9.48. The number of nitriles is 1. The van der Waals surface area contributed by atoms with Crippen molar-refractivity contribution in [2.75, 3.05) is 0 Å². The van der Waals surface area contributed by atoms with Crippen LogP contribution in [0.4, 0.5) is 0 Å². The van der Waals surface area contributed by atoms with Crippen LogP contribution < -0.4 is 0 Å². The second-order valence-electron chi connectivity index (χ2n) is 3.36. The maximum Gasteiger partial charge on any atom is 0.232 e. The summed E-state index contributed by atoms with van der Waals surface area (Å²) in [6, 6.07) is 11.6. The molecule has 0 aliphatic rings. The summed E-state index contributed by atoms with van der Waals surface area (Å²) >= 11 is 1.56. The van der Waals surface area contributed by atoms with Gasteiger partial charge in [-0.25, -0.2) is 15.0 Å². The van der Waals surface area contributed by atoms with Crippen molar-refractivity contribution in [1.29, 1.82) is 5.26 Å². The Labute approximate surface area is 101 Å². The Morgan fingerprint density at radius 3 is 2.82 bits per heavy atom. The van der Waals surface area contributed by atoms with Gasteiger partial charge in [0.1, 0.15) is 16.8 Å². The van der Waals surface area contributed by atoms with E-state index in [9.17, 15) is 0 Å². The molecule has 0 fully saturated rings. The Morgan fingerprint density at radius 1 is 1.12 bits per heavy atom. The van der Waals surface area contributed by atoms with Crippen molar-refractivity contribution in [2.45, 2.75) is 0 Å². The second kappa shape index (κ2) is 3.92. The minimum atomic E-state index is 0.168. The van der Waals surface area contributed by atoms with E-state index in [0.29, 0.717) is 5.69 Å². The third-order valence-corrected chi connectivity index (χ3v) is 3.33. The molecule has 4 nitrogen and oxygen atoms in total. The SMILES string of the molecule is N#Cc1nccc(-c2nc3ccccc3s2)n1. The van der Waals surface area contributed by atoms with Crippen LogP contribution in [0.3, 0.4) is 0 Å². The summed E-state index contributed by atoms with van der Waals surface area (Å²) < 4.78 is 1.11. The molecule has 0 atom stereocenters. The molecule has 0 saturated carbocycles. The van der Waals surface area contributed by atoms with Gasteiger partial charge in [0.15, 0.2) is 0 Å². The molecule has 0 spiro atoms. The Hall–Kier alpha value is -2.32. The minimum absolute atomic E-state index is 0.168. The van der Waals surface area contributed by atoms with Gasteiger partial charge in [0.05, 0.1) is 10.2 Å². The Morgan fingerprint density at radius 2 is 2.00 bits per heavy atom. The molecule has 80 valence electrons. The van der Waals surface area contributed by atoms with E-state index in [-0.39, 0.29) is 5.82 Å². The van der Waals surface area contributed by atoms with E-state index in [1.807, 2.05) is 30.3 Å². The molecule has 2 heterocycles. The molecule has 0 aliphatic carbocycles. The number of para-hydroxylation sites is 1. The lowest BCUT2D eigenvalue weighted by atomic mass is 10.3. The third kappa shape index (κ3) is 1.75. The fourth-order valence-electron chi connectivity index (χ4n) is 1.51. The first-order chi connectivity index (χ1) is 8.36. The van der Waals surface area contributed by atoms with Gasteiger partial charge in [-0.2, -0.15) is 5.26 Å². The summed E-state index contributed by atoms with van der Waals surface area (Å²) in [4.78, 5) is 12.5. The lowest BCUT2D eigenvalue weighted by Crippen LogP contribution is -1.90. The molecule has 0 saturated heterocycles. The van der Waals surface area contributed by atoms with Crippen molar-refractivity contribution in [3.8, 4) is 16.8 Å². The maximum absolute atomic E-state index is 8.76. The van der Waals surface area contributed by atoms with Crippen LogP contribution in [0.2, 0.25) is 0 Å².